The van der Waals surface area contributed by atoms with Gasteiger partial charge in [-0.25, -0.2) is 13.1 Å². The van der Waals surface area contributed by atoms with E-state index >= 15 is 0 Å². The predicted molar refractivity (Wildman–Crippen MR) is 79.1 cm³/mol. The lowest BCUT2D eigenvalue weighted by Gasteiger charge is -2.27. The predicted octanol–water partition coefficient (Wildman–Crippen LogP) is 0.0792. The van der Waals surface area contributed by atoms with Crippen LogP contribution in [0, 0.1) is 11.3 Å². The van der Waals surface area contributed by atoms with Gasteiger partial charge in [0.05, 0.1) is 19.5 Å². The van der Waals surface area contributed by atoms with Crippen LogP contribution in [-0.4, -0.2) is 57.4 Å². The molecule has 2 aliphatic rings. The van der Waals surface area contributed by atoms with Gasteiger partial charge >= 0.3 is 0 Å². The molecule has 3 heterocycles. The van der Waals surface area contributed by atoms with Gasteiger partial charge in [-0.15, -0.1) is 0 Å². The molecule has 2 fully saturated rings. The summed E-state index contributed by atoms with van der Waals surface area (Å²) in [5.74, 6) is 0.397. The van der Waals surface area contributed by atoms with E-state index in [1.165, 1.54) is 11.8 Å². The van der Waals surface area contributed by atoms with Crippen molar-refractivity contribution >= 4 is 10.0 Å². The van der Waals surface area contributed by atoms with Crippen LogP contribution in [0.2, 0.25) is 0 Å². The van der Waals surface area contributed by atoms with Crippen LogP contribution >= 0.6 is 0 Å². The molecule has 21 heavy (non-hydrogen) atoms. The SMILES string of the molecule is CS(=O)(=O)NC[C@@]12COC[C@@H]1CN(Cc1ccncc1)C2. The molecule has 2 atom stereocenters. The number of nitrogens with one attached hydrogen (secondary N) is 1. The second-order valence-electron chi connectivity index (χ2n) is 6.19. The Kier molecular flexibility index (Phi) is 4.00. The third-order valence-corrected chi connectivity index (χ3v) is 5.10. The molecule has 1 aromatic rings. The first-order valence-corrected chi connectivity index (χ1v) is 9.00. The van der Waals surface area contributed by atoms with E-state index in [1.54, 1.807) is 12.4 Å². The number of hydrogen-bond donors (Lipinski definition) is 1. The fraction of sp³-hybridized carbons (Fsp3) is 0.643. The highest BCUT2D eigenvalue weighted by Crippen LogP contribution is 2.41. The smallest absolute Gasteiger partial charge is 0.208 e. The first kappa shape index (κ1) is 14.9. The van der Waals surface area contributed by atoms with Gasteiger partial charge in [-0.1, -0.05) is 0 Å². The maximum Gasteiger partial charge on any atom is 0.208 e. The standard InChI is InChI=1S/C14H21N3O3S/c1-21(18,19)16-9-14-10-17(7-13(14)8-20-11-14)6-12-2-4-15-5-3-12/h2-5,13,16H,6-11H2,1H3/t13-,14+/m0/s1. The number of pyridine rings is 1. The van der Waals surface area contributed by atoms with Gasteiger partial charge in [0.25, 0.3) is 0 Å². The van der Waals surface area contributed by atoms with Crippen LogP contribution in [0.25, 0.3) is 0 Å². The molecule has 0 radical (unpaired) electrons. The van der Waals surface area contributed by atoms with Crippen LogP contribution in [0.1, 0.15) is 5.56 Å². The van der Waals surface area contributed by atoms with Crippen LogP contribution in [0.15, 0.2) is 24.5 Å². The summed E-state index contributed by atoms with van der Waals surface area (Å²) in [6.45, 7) is 4.50. The largest absolute Gasteiger partial charge is 0.380 e. The van der Waals surface area contributed by atoms with Crippen LogP contribution < -0.4 is 4.72 Å². The minimum absolute atomic E-state index is 0.0872. The van der Waals surface area contributed by atoms with Crippen molar-refractivity contribution in [2.45, 2.75) is 6.54 Å². The molecule has 0 bridgehead atoms. The highest BCUT2D eigenvalue weighted by Gasteiger charge is 2.50. The highest BCUT2D eigenvalue weighted by atomic mass is 32.2. The summed E-state index contributed by atoms with van der Waals surface area (Å²) in [7, 11) is -3.16. The van der Waals surface area contributed by atoms with Crippen molar-refractivity contribution in [3.8, 4) is 0 Å². The number of sulfonamides is 1. The Morgan fingerprint density at radius 1 is 1.48 bits per heavy atom. The Morgan fingerprint density at radius 3 is 2.95 bits per heavy atom. The summed E-state index contributed by atoms with van der Waals surface area (Å²) in [6.07, 6.45) is 4.81. The molecule has 0 amide bonds. The average Bonchev–Trinajstić information content (AvgIpc) is 2.94. The first-order valence-electron chi connectivity index (χ1n) is 7.11. The summed E-state index contributed by atoms with van der Waals surface area (Å²) in [5.41, 5.74) is 1.15. The zero-order valence-corrected chi connectivity index (χ0v) is 13.0. The lowest BCUT2D eigenvalue weighted by Crippen LogP contribution is -2.42. The number of aromatic nitrogens is 1. The quantitative estimate of drug-likeness (QED) is 0.834. The van der Waals surface area contributed by atoms with Gasteiger partial charge < -0.3 is 4.74 Å². The molecule has 1 N–H and O–H groups in total. The fourth-order valence-electron chi connectivity index (χ4n) is 3.33. The Balaban J connectivity index is 1.67. The second-order valence-corrected chi connectivity index (χ2v) is 8.03. The van der Waals surface area contributed by atoms with E-state index in [-0.39, 0.29) is 5.41 Å². The monoisotopic (exact) mass is 311 g/mol. The zero-order valence-electron chi connectivity index (χ0n) is 12.2. The number of likely N-dealkylation sites (tertiary alicyclic amines) is 1. The summed E-state index contributed by atoms with van der Waals surface area (Å²) < 4.78 is 31.0. The van der Waals surface area contributed by atoms with E-state index in [9.17, 15) is 8.42 Å². The molecule has 1 aromatic heterocycles. The molecular weight excluding hydrogens is 290 g/mol. The molecule has 0 aromatic carbocycles. The van der Waals surface area contributed by atoms with Crippen LogP contribution in [-0.2, 0) is 21.3 Å². The van der Waals surface area contributed by atoms with Crippen molar-refractivity contribution in [1.82, 2.24) is 14.6 Å². The van der Waals surface area contributed by atoms with E-state index < -0.39 is 10.0 Å². The van der Waals surface area contributed by atoms with Crippen molar-refractivity contribution in [3.63, 3.8) is 0 Å². The van der Waals surface area contributed by atoms with Gasteiger partial charge in [0.2, 0.25) is 10.0 Å². The summed E-state index contributed by atoms with van der Waals surface area (Å²) in [5, 5.41) is 0. The molecular formula is C14H21N3O3S. The van der Waals surface area contributed by atoms with Crippen LogP contribution in [0.5, 0.6) is 0 Å². The van der Waals surface area contributed by atoms with Crippen molar-refractivity contribution in [2.75, 3.05) is 39.1 Å². The fourth-order valence-corrected chi connectivity index (χ4v) is 3.88. The van der Waals surface area contributed by atoms with E-state index in [0.29, 0.717) is 19.1 Å². The van der Waals surface area contributed by atoms with Gasteiger partial charge in [-0.2, -0.15) is 0 Å². The Morgan fingerprint density at radius 2 is 2.24 bits per heavy atom. The number of hydrogen-bond acceptors (Lipinski definition) is 5. The maximum atomic E-state index is 11.4. The van der Waals surface area contributed by atoms with E-state index in [2.05, 4.69) is 14.6 Å². The van der Waals surface area contributed by atoms with E-state index in [0.717, 1.165) is 26.2 Å². The van der Waals surface area contributed by atoms with Gasteiger partial charge in [0, 0.05) is 49.9 Å². The van der Waals surface area contributed by atoms with Gasteiger partial charge in [-0.3, -0.25) is 9.88 Å². The number of nitrogens with zero attached hydrogens (tertiary/aromatic N) is 2. The zero-order chi connectivity index (χ0) is 14.9. The lowest BCUT2D eigenvalue weighted by atomic mass is 9.81. The van der Waals surface area contributed by atoms with Crippen molar-refractivity contribution < 1.29 is 13.2 Å². The molecule has 2 aliphatic heterocycles. The van der Waals surface area contributed by atoms with Crippen LogP contribution in [0.3, 0.4) is 0 Å². The van der Waals surface area contributed by atoms with E-state index in [4.69, 9.17) is 4.74 Å². The van der Waals surface area contributed by atoms with Gasteiger partial charge in [-0.05, 0) is 17.7 Å². The molecule has 116 valence electrons. The molecule has 2 saturated heterocycles. The average molecular weight is 311 g/mol. The number of ether oxygens (including phenoxy) is 1. The van der Waals surface area contributed by atoms with E-state index in [1.807, 2.05) is 12.1 Å². The van der Waals surface area contributed by atoms with Crippen molar-refractivity contribution in [1.29, 1.82) is 0 Å². The van der Waals surface area contributed by atoms with Crippen LogP contribution in [0.4, 0.5) is 0 Å². The summed E-state index contributed by atoms with van der Waals surface area (Å²) in [4.78, 5) is 6.41. The Hall–Kier alpha value is -1.02. The number of rotatable bonds is 5. The van der Waals surface area contributed by atoms with Crippen molar-refractivity contribution in [2.24, 2.45) is 11.3 Å². The normalized spacial score (nSPS) is 29.7. The molecule has 0 spiro atoms. The molecule has 0 aliphatic carbocycles. The molecule has 0 unspecified atom stereocenters. The lowest BCUT2D eigenvalue weighted by molar-refractivity contribution is 0.128. The molecule has 6 nitrogen and oxygen atoms in total. The third-order valence-electron chi connectivity index (χ3n) is 4.43. The minimum Gasteiger partial charge on any atom is -0.380 e. The first-order chi connectivity index (χ1) is 9.97. The van der Waals surface area contributed by atoms with Gasteiger partial charge in [0.1, 0.15) is 0 Å². The minimum atomic E-state index is -3.16. The molecule has 3 rings (SSSR count). The summed E-state index contributed by atoms with van der Waals surface area (Å²) in [6, 6.07) is 4.04. The second kappa shape index (κ2) is 5.64. The number of fused-ring (bicyclic) bond motifs is 1. The molecule has 7 heteroatoms. The van der Waals surface area contributed by atoms with Crippen molar-refractivity contribution in [3.05, 3.63) is 30.1 Å². The Labute approximate surface area is 125 Å². The highest BCUT2D eigenvalue weighted by molar-refractivity contribution is 7.88. The molecule has 0 saturated carbocycles. The third kappa shape index (κ3) is 3.42. The topological polar surface area (TPSA) is 71.5 Å². The van der Waals surface area contributed by atoms with Gasteiger partial charge in [0.15, 0.2) is 0 Å². The summed E-state index contributed by atoms with van der Waals surface area (Å²) >= 11 is 0. The maximum absolute atomic E-state index is 11.4. The Bertz CT molecular complexity index is 593.